The van der Waals surface area contributed by atoms with Gasteiger partial charge in [-0.05, 0) is 12.8 Å². The third kappa shape index (κ3) is 6.99. The topological polar surface area (TPSA) is 12.4 Å². The minimum Gasteiger partial charge on any atom is -0.276 e. The highest BCUT2D eigenvalue weighted by molar-refractivity contribution is 8.14. The Balaban J connectivity index is 1.77. The van der Waals surface area contributed by atoms with Gasteiger partial charge in [-0.2, -0.15) is 0 Å². The van der Waals surface area contributed by atoms with Gasteiger partial charge in [0, 0.05) is 5.75 Å². The van der Waals surface area contributed by atoms with E-state index < -0.39 is 0 Å². The van der Waals surface area contributed by atoms with Crippen molar-refractivity contribution in [3.05, 3.63) is 6.54 Å². The van der Waals surface area contributed by atoms with Gasteiger partial charge in [0.15, 0.2) is 0 Å². The van der Waals surface area contributed by atoms with Gasteiger partial charge < -0.3 is 0 Å². The predicted octanol–water partition coefficient (Wildman–Crippen LogP) is 4.82. The average molecular weight is 226 g/mol. The standard InChI is InChI=1S/C13H24NS/c1-2-3-4-5-6-7-8-9-10-13-14-11-12-15-13/h11H,2-10,12H2,1H3. The van der Waals surface area contributed by atoms with E-state index >= 15 is 0 Å². The molecule has 1 aliphatic rings. The summed E-state index contributed by atoms with van der Waals surface area (Å²) in [5.41, 5.74) is 0. The van der Waals surface area contributed by atoms with Gasteiger partial charge in [0.1, 0.15) is 0 Å². The fraction of sp³-hybridized carbons (Fsp3) is 0.846. The van der Waals surface area contributed by atoms with E-state index in [1.54, 1.807) is 0 Å². The number of aliphatic imine (C=N–C) groups is 1. The summed E-state index contributed by atoms with van der Waals surface area (Å²) in [6.07, 6.45) is 12.5. The van der Waals surface area contributed by atoms with E-state index in [4.69, 9.17) is 0 Å². The van der Waals surface area contributed by atoms with Crippen molar-refractivity contribution in [2.45, 2.75) is 64.7 Å². The van der Waals surface area contributed by atoms with E-state index in [1.165, 1.54) is 62.8 Å². The molecule has 0 saturated heterocycles. The molecule has 0 bridgehead atoms. The van der Waals surface area contributed by atoms with Gasteiger partial charge in [0.25, 0.3) is 0 Å². The Morgan fingerprint density at radius 3 is 2.33 bits per heavy atom. The Morgan fingerprint density at radius 1 is 1.07 bits per heavy atom. The largest absolute Gasteiger partial charge is 0.276 e. The highest BCUT2D eigenvalue weighted by atomic mass is 32.2. The third-order valence-electron chi connectivity index (χ3n) is 2.80. The van der Waals surface area contributed by atoms with Crippen molar-refractivity contribution >= 4 is 16.8 Å². The number of rotatable bonds is 9. The SMILES string of the molecule is CCCCCCCCCCC1=N[CH]CS1. The van der Waals surface area contributed by atoms with Crippen molar-refractivity contribution in [3.63, 3.8) is 0 Å². The zero-order chi connectivity index (χ0) is 10.8. The molecule has 87 valence electrons. The van der Waals surface area contributed by atoms with Gasteiger partial charge in [-0.1, -0.05) is 51.9 Å². The van der Waals surface area contributed by atoms with Crippen LogP contribution >= 0.6 is 11.8 Å². The maximum absolute atomic E-state index is 4.35. The van der Waals surface area contributed by atoms with E-state index in [2.05, 4.69) is 11.9 Å². The number of hydrogen-bond donors (Lipinski definition) is 0. The fourth-order valence-corrected chi connectivity index (χ4v) is 2.64. The number of hydrogen-bond acceptors (Lipinski definition) is 2. The molecule has 1 heterocycles. The first-order valence-corrected chi connectivity index (χ1v) is 7.43. The lowest BCUT2D eigenvalue weighted by Crippen LogP contribution is -1.88. The van der Waals surface area contributed by atoms with Gasteiger partial charge >= 0.3 is 0 Å². The zero-order valence-electron chi connectivity index (χ0n) is 10.0. The maximum atomic E-state index is 4.35. The van der Waals surface area contributed by atoms with Crippen LogP contribution in [0.4, 0.5) is 0 Å². The molecule has 1 radical (unpaired) electrons. The lowest BCUT2D eigenvalue weighted by Gasteiger charge is -2.01. The highest BCUT2D eigenvalue weighted by Crippen LogP contribution is 2.19. The lowest BCUT2D eigenvalue weighted by molar-refractivity contribution is 0.580. The molecule has 0 unspecified atom stereocenters. The summed E-state index contributed by atoms with van der Waals surface area (Å²) in [6, 6.07) is 0. The molecule has 0 aromatic rings. The van der Waals surface area contributed by atoms with E-state index in [1.807, 2.05) is 18.3 Å². The molecule has 0 amide bonds. The molecule has 0 atom stereocenters. The Hall–Kier alpha value is 0.0200. The van der Waals surface area contributed by atoms with Crippen LogP contribution in [0, 0.1) is 6.54 Å². The zero-order valence-corrected chi connectivity index (χ0v) is 10.8. The van der Waals surface area contributed by atoms with Crippen LogP contribution in [-0.2, 0) is 0 Å². The summed E-state index contributed by atoms with van der Waals surface area (Å²) in [5, 5.41) is 1.36. The molecular formula is C13H24NS. The van der Waals surface area contributed by atoms with Crippen molar-refractivity contribution in [2.75, 3.05) is 5.75 Å². The van der Waals surface area contributed by atoms with Crippen LogP contribution in [0.5, 0.6) is 0 Å². The fourth-order valence-electron chi connectivity index (χ4n) is 1.86. The molecule has 0 aliphatic carbocycles. The number of unbranched alkanes of at least 4 members (excludes halogenated alkanes) is 7. The Bertz CT molecular complexity index is 177. The lowest BCUT2D eigenvalue weighted by atomic mass is 10.1. The molecule has 1 rings (SSSR count). The van der Waals surface area contributed by atoms with Crippen molar-refractivity contribution < 1.29 is 0 Å². The van der Waals surface area contributed by atoms with E-state index in [-0.39, 0.29) is 0 Å². The average Bonchev–Trinajstić information content (AvgIpc) is 2.75. The first kappa shape index (κ1) is 13.1. The molecule has 1 nitrogen and oxygen atoms in total. The second-order valence-corrected chi connectivity index (χ2v) is 5.33. The minimum absolute atomic E-state index is 1.10. The van der Waals surface area contributed by atoms with Crippen molar-refractivity contribution in [1.29, 1.82) is 0 Å². The van der Waals surface area contributed by atoms with Crippen LogP contribution in [0.25, 0.3) is 0 Å². The maximum Gasteiger partial charge on any atom is 0.0835 e. The first-order valence-electron chi connectivity index (χ1n) is 6.44. The van der Waals surface area contributed by atoms with Gasteiger partial charge in [-0.3, -0.25) is 4.99 Å². The summed E-state index contributed by atoms with van der Waals surface area (Å²) < 4.78 is 0. The smallest absolute Gasteiger partial charge is 0.0835 e. The summed E-state index contributed by atoms with van der Waals surface area (Å²) >= 11 is 1.91. The van der Waals surface area contributed by atoms with Crippen LogP contribution in [0.15, 0.2) is 4.99 Å². The molecular weight excluding hydrogens is 202 g/mol. The first-order chi connectivity index (χ1) is 7.43. The van der Waals surface area contributed by atoms with Crippen molar-refractivity contribution in [1.82, 2.24) is 0 Å². The molecule has 15 heavy (non-hydrogen) atoms. The van der Waals surface area contributed by atoms with Gasteiger partial charge in [-0.25, -0.2) is 0 Å². The third-order valence-corrected chi connectivity index (χ3v) is 3.76. The van der Waals surface area contributed by atoms with E-state index in [0.717, 1.165) is 5.75 Å². The van der Waals surface area contributed by atoms with Crippen LogP contribution < -0.4 is 0 Å². The molecule has 2 heteroatoms. The minimum atomic E-state index is 1.10. The molecule has 0 aromatic carbocycles. The van der Waals surface area contributed by atoms with E-state index in [0.29, 0.717) is 0 Å². The highest BCUT2D eigenvalue weighted by Gasteiger charge is 2.05. The molecule has 0 spiro atoms. The number of nitrogens with zero attached hydrogens (tertiary/aromatic N) is 1. The van der Waals surface area contributed by atoms with Gasteiger partial charge in [0.2, 0.25) is 0 Å². The summed E-state index contributed by atoms with van der Waals surface area (Å²) in [4.78, 5) is 4.35. The van der Waals surface area contributed by atoms with Crippen molar-refractivity contribution in [2.24, 2.45) is 4.99 Å². The van der Waals surface area contributed by atoms with Crippen LogP contribution in [0.1, 0.15) is 64.7 Å². The monoisotopic (exact) mass is 226 g/mol. The molecule has 0 saturated carbocycles. The van der Waals surface area contributed by atoms with Gasteiger partial charge in [-0.15, -0.1) is 11.8 Å². The Kier molecular flexibility index (Phi) is 8.08. The predicted molar refractivity (Wildman–Crippen MR) is 71.4 cm³/mol. The van der Waals surface area contributed by atoms with Crippen LogP contribution in [0.2, 0.25) is 0 Å². The van der Waals surface area contributed by atoms with Crippen molar-refractivity contribution in [3.8, 4) is 0 Å². The Labute approximate surface area is 99.1 Å². The number of thioether (sulfide) groups is 1. The van der Waals surface area contributed by atoms with Crippen LogP contribution in [0.3, 0.4) is 0 Å². The summed E-state index contributed by atoms with van der Waals surface area (Å²) in [7, 11) is 0. The van der Waals surface area contributed by atoms with Crippen LogP contribution in [-0.4, -0.2) is 10.8 Å². The molecule has 0 N–H and O–H groups in total. The summed E-state index contributed by atoms with van der Waals surface area (Å²) in [5.74, 6) is 1.10. The molecule has 0 aromatic heterocycles. The second kappa shape index (κ2) is 9.26. The quantitative estimate of drug-likeness (QED) is 0.513. The Morgan fingerprint density at radius 2 is 1.73 bits per heavy atom. The van der Waals surface area contributed by atoms with Gasteiger partial charge in [0.05, 0.1) is 11.6 Å². The summed E-state index contributed by atoms with van der Waals surface area (Å²) in [6.45, 7) is 4.31. The second-order valence-electron chi connectivity index (χ2n) is 4.24. The molecule has 0 fully saturated rings. The normalized spacial score (nSPS) is 15.7. The van der Waals surface area contributed by atoms with E-state index in [9.17, 15) is 0 Å². The molecule has 1 aliphatic heterocycles.